The molecule has 0 radical (unpaired) electrons. The van der Waals surface area contributed by atoms with Crippen LogP contribution in [0.1, 0.15) is 30.9 Å². The van der Waals surface area contributed by atoms with E-state index in [1.807, 2.05) is 0 Å². The number of nitrogens with one attached hydrogen (secondary N) is 2. The average Bonchev–Trinajstić information content (AvgIpc) is 2.76. The van der Waals surface area contributed by atoms with E-state index in [1.165, 1.54) is 0 Å². The van der Waals surface area contributed by atoms with Gasteiger partial charge >= 0.3 is 0 Å². The third-order valence-corrected chi connectivity index (χ3v) is 2.40. The van der Waals surface area contributed by atoms with Gasteiger partial charge in [-0.05, 0) is 39.1 Å². The Morgan fingerprint density at radius 3 is 2.88 bits per heavy atom. The first-order valence-corrected chi connectivity index (χ1v) is 5.33. The summed E-state index contributed by atoms with van der Waals surface area (Å²) in [7, 11) is 2.06. The number of hydrogen-bond acceptors (Lipinski definition) is 5. The fourth-order valence-electron chi connectivity index (χ4n) is 1.13. The van der Waals surface area contributed by atoms with Gasteiger partial charge in [0.05, 0.1) is 0 Å². The van der Waals surface area contributed by atoms with Gasteiger partial charge in [0.25, 0.3) is 11.7 Å². The molecule has 0 aliphatic heterocycles. The second-order valence-electron chi connectivity index (χ2n) is 3.92. The number of tetrazole rings is 1. The molecular formula is C9H18N6O. The van der Waals surface area contributed by atoms with Crippen LogP contribution in [0.5, 0.6) is 0 Å². The van der Waals surface area contributed by atoms with Crippen LogP contribution in [0, 0.1) is 0 Å². The molecule has 0 aromatic carbocycles. The number of rotatable bonds is 6. The smallest absolute Gasteiger partial charge is 0.292 e. The Labute approximate surface area is 94.6 Å². The Kier molecular flexibility index (Phi) is 4.84. The van der Waals surface area contributed by atoms with Crippen LogP contribution in [-0.4, -0.2) is 57.6 Å². The van der Waals surface area contributed by atoms with Crippen molar-refractivity contribution in [2.75, 3.05) is 20.1 Å². The molecular weight excluding hydrogens is 208 g/mol. The van der Waals surface area contributed by atoms with Crippen molar-refractivity contribution in [3.8, 4) is 0 Å². The molecule has 0 saturated carbocycles. The molecule has 7 heteroatoms. The van der Waals surface area contributed by atoms with Crippen LogP contribution >= 0.6 is 0 Å². The molecule has 1 aromatic rings. The van der Waals surface area contributed by atoms with Crippen LogP contribution in [0.25, 0.3) is 0 Å². The lowest BCUT2D eigenvalue weighted by Gasteiger charge is -2.20. The Morgan fingerprint density at radius 2 is 2.31 bits per heavy atom. The normalized spacial score (nSPS) is 11.1. The SMILES string of the molecule is CC(C)N(C)CCCNC(=O)c1nn[nH]n1. The van der Waals surface area contributed by atoms with Crippen molar-refractivity contribution in [3.63, 3.8) is 0 Å². The van der Waals surface area contributed by atoms with E-state index < -0.39 is 0 Å². The van der Waals surface area contributed by atoms with Crippen LogP contribution in [-0.2, 0) is 0 Å². The van der Waals surface area contributed by atoms with Crippen molar-refractivity contribution >= 4 is 5.91 Å². The molecule has 1 aromatic heterocycles. The number of amides is 1. The van der Waals surface area contributed by atoms with Crippen molar-refractivity contribution < 1.29 is 4.79 Å². The predicted octanol–water partition coefficient (Wildman–Crippen LogP) is -0.340. The summed E-state index contributed by atoms with van der Waals surface area (Å²) in [6.45, 7) is 5.84. The number of carbonyl (C=O) groups excluding carboxylic acids is 1. The number of carbonyl (C=O) groups is 1. The summed E-state index contributed by atoms with van der Waals surface area (Å²) >= 11 is 0. The predicted molar refractivity (Wildman–Crippen MR) is 58.9 cm³/mol. The Hall–Kier alpha value is -1.50. The molecule has 1 heterocycles. The van der Waals surface area contributed by atoms with E-state index in [9.17, 15) is 4.79 Å². The van der Waals surface area contributed by atoms with Crippen LogP contribution in [0.3, 0.4) is 0 Å². The molecule has 0 bridgehead atoms. The van der Waals surface area contributed by atoms with E-state index in [0.717, 1.165) is 13.0 Å². The van der Waals surface area contributed by atoms with Gasteiger partial charge in [0.2, 0.25) is 0 Å². The van der Waals surface area contributed by atoms with E-state index in [-0.39, 0.29) is 11.7 Å². The van der Waals surface area contributed by atoms with Gasteiger partial charge in [-0.2, -0.15) is 5.21 Å². The summed E-state index contributed by atoms with van der Waals surface area (Å²) in [4.78, 5) is 13.6. The van der Waals surface area contributed by atoms with Gasteiger partial charge < -0.3 is 10.2 Å². The maximum absolute atomic E-state index is 11.4. The van der Waals surface area contributed by atoms with Crippen LogP contribution in [0.4, 0.5) is 0 Å². The molecule has 0 unspecified atom stereocenters. The van der Waals surface area contributed by atoms with Gasteiger partial charge in [-0.3, -0.25) is 4.79 Å². The van der Waals surface area contributed by atoms with Crippen LogP contribution < -0.4 is 5.32 Å². The molecule has 0 saturated heterocycles. The van der Waals surface area contributed by atoms with Crippen LogP contribution in [0.15, 0.2) is 0 Å². The highest BCUT2D eigenvalue weighted by Crippen LogP contribution is 1.94. The summed E-state index contributed by atoms with van der Waals surface area (Å²) in [6.07, 6.45) is 0.901. The highest BCUT2D eigenvalue weighted by atomic mass is 16.2. The van der Waals surface area contributed by atoms with Gasteiger partial charge in [-0.1, -0.05) is 0 Å². The Bertz CT molecular complexity index is 310. The maximum Gasteiger partial charge on any atom is 0.292 e. The standard InChI is InChI=1S/C9H18N6O/c1-7(2)15(3)6-4-5-10-9(16)8-11-13-14-12-8/h7H,4-6H2,1-3H3,(H,10,16)(H,11,12,13,14). The molecule has 0 atom stereocenters. The molecule has 0 spiro atoms. The number of hydrogen-bond donors (Lipinski definition) is 2. The highest BCUT2D eigenvalue weighted by molar-refractivity contribution is 5.89. The second-order valence-corrected chi connectivity index (χ2v) is 3.92. The van der Waals surface area contributed by atoms with E-state index >= 15 is 0 Å². The van der Waals surface area contributed by atoms with E-state index in [0.29, 0.717) is 12.6 Å². The van der Waals surface area contributed by atoms with Gasteiger partial charge in [0.15, 0.2) is 0 Å². The lowest BCUT2D eigenvalue weighted by atomic mass is 10.3. The summed E-state index contributed by atoms with van der Waals surface area (Å²) < 4.78 is 0. The van der Waals surface area contributed by atoms with Crippen molar-refractivity contribution in [3.05, 3.63) is 5.82 Å². The van der Waals surface area contributed by atoms with Crippen molar-refractivity contribution in [1.29, 1.82) is 0 Å². The van der Waals surface area contributed by atoms with Crippen molar-refractivity contribution in [2.24, 2.45) is 0 Å². The molecule has 2 N–H and O–H groups in total. The van der Waals surface area contributed by atoms with E-state index in [2.05, 4.69) is 51.7 Å². The third kappa shape index (κ3) is 3.93. The lowest BCUT2D eigenvalue weighted by Crippen LogP contribution is -2.31. The number of nitrogens with zero attached hydrogens (tertiary/aromatic N) is 4. The lowest BCUT2D eigenvalue weighted by molar-refractivity contribution is 0.0941. The average molecular weight is 226 g/mol. The van der Waals surface area contributed by atoms with Gasteiger partial charge in [-0.25, -0.2) is 0 Å². The fraction of sp³-hybridized carbons (Fsp3) is 0.778. The first kappa shape index (κ1) is 12.6. The number of aromatic nitrogens is 4. The zero-order valence-corrected chi connectivity index (χ0v) is 9.90. The summed E-state index contributed by atoms with van der Waals surface area (Å²) in [5, 5.41) is 15.5. The summed E-state index contributed by atoms with van der Waals surface area (Å²) in [6, 6.07) is 0.521. The molecule has 1 amide bonds. The minimum atomic E-state index is -0.291. The summed E-state index contributed by atoms with van der Waals surface area (Å²) in [5.74, 6) is -0.210. The quantitative estimate of drug-likeness (QED) is 0.648. The first-order chi connectivity index (χ1) is 7.61. The van der Waals surface area contributed by atoms with Crippen LogP contribution in [0.2, 0.25) is 0 Å². The zero-order valence-electron chi connectivity index (χ0n) is 9.90. The second kappa shape index (κ2) is 6.16. The van der Waals surface area contributed by atoms with E-state index in [4.69, 9.17) is 0 Å². The molecule has 7 nitrogen and oxygen atoms in total. The summed E-state index contributed by atoms with van der Waals surface area (Å²) in [5.41, 5.74) is 0. The minimum Gasteiger partial charge on any atom is -0.349 e. The number of aromatic amines is 1. The Balaban J connectivity index is 2.14. The third-order valence-electron chi connectivity index (χ3n) is 2.40. The largest absolute Gasteiger partial charge is 0.349 e. The van der Waals surface area contributed by atoms with Gasteiger partial charge in [0, 0.05) is 12.6 Å². The monoisotopic (exact) mass is 226 g/mol. The Morgan fingerprint density at radius 1 is 1.56 bits per heavy atom. The topological polar surface area (TPSA) is 86.8 Å². The molecule has 16 heavy (non-hydrogen) atoms. The molecule has 0 fully saturated rings. The highest BCUT2D eigenvalue weighted by Gasteiger charge is 2.09. The first-order valence-electron chi connectivity index (χ1n) is 5.33. The zero-order chi connectivity index (χ0) is 12.0. The van der Waals surface area contributed by atoms with E-state index in [1.54, 1.807) is 0 Å². The molecule has 90 valence electrons. The van der Waals surface area contributed by atoms with Gasteiger partial charge in [-0.15, -0.1) is 10.2 Å². The minimum absolute atomic E-state index is 0.0808. The molecule has 0 aliphatic rings. The number of H-pyrrole nitrogens is 1. The fourth-order valence-corrected chi connectivity index (χ4v) is 1.13. The molecule has 0 aliphatic carbocycles. The van der Waals surface area contributed by atoms with Gasteiger partial charge in [0.1, 0.15) is 0 Å². The van der Waals surface area contributed by atoms with Crippen molar-refractivity contribution in [2.45, 2.75) is 26.3 Å². The maximum atomic E-state index is 11.4. The molecule has 1 rings (SSSR count). The van der Waals surface area contributed by atoms with Crippen molar-refractivity contribution in [1.82, 2.24) is 30.8 Å².